The molecule has 6 atom stereocenters. The molecule has 1 aliphatic heterocycles. The van der Waals surface area contributed by atoms with Crippen LogP contribution in [0.25, 0.3) is 0 Å². The Labute approximate surface area is 278 Å². The molecule has 1 saturated heterocycles. The zero-order valence-electron chi connectivity index (χ0n) is 29.3. The molecule has 3 fully saturated rings. The summed E-state index contributed by atoms with van der Waals surface area (Å²) in [7, 11) is 0. The third kappa shape index (κ3) is 9.70. The van der Waals surface area contributed by atoms with E-state index >= 15 is 0 Å². The second kappa shape index (κ2) is 15.5. The van der Waals surface area contributed by atoms with Gasteiger partial charge in [0, 0.05) is 13.1 Å². The Morgan fingerprint density at radius 1 is 1.02 bits per heavy atom. The molecule has 0 aromatic carbocycles. The maximum Gasteiger partial charge on any atom is 0.508 e. The molecule has 2 saturated carbocycles. The van der Waals surface area contributed by atoms with E-state index in [4.69, 9.17) is 9.47 Å². The van der Waals surface area contributed by atoms with E-state index in [1.54, 1.807) is 0 Å². The van der Waals surface area contributed by atoms with Gasteiger partial charge in [0.1, 0.15) is 18.7 Å². The summed E-state index contributed by atoms with van der Waals surface area (Å²) in [6, 6.07) is -4.09. The maximum absolute atomic E-state index is 14.2. The van der Waals surface area contributed by atoms with Crippen LogP contribution in [0.2, 0.25) is 0 Å². The first-order chi connectivity index (χ1) is 21.9. The van der Waals surface area contributed by atoms with E-state index in [0.29, 0.717) is 25.5 Å². The van der Waals surface area contributed by atoms with Crippen LogP contribution in [0.3, 0.4) is 0 Å². The lowest BCUT2D eigenvalue weighted by molar-refractivity contribution is -0.145. The second-order valence-corrected chi connectivity index (χ2v) is 15.2. The van der Waals surface area contributed by atoms with Crippen molar-refractivity contribution in [3.63, 3.8) is 0 Å². The van der Waals surface area contributed by atoms with Gasteiger partial charge < -0.3 is 35.6 Å². The van der Waals surface area contributed by atoms with Crippen LogP contribution in [0.1, 0.15) is 81.1 Å². The van der Waals surface area contributed by atoms with Gasteiger partial charge in [0.2, 0.25) is 17.6 Å². The van der Waals surface area contributed by atoms with Crippen LogP contribution in [0.15, 0.2) is 12.7 Å². The molecular weight excluding hydrogens is 606 g/mol. The third-order valence-corrected chi connectivity index (χ3v) is 9.63. The van der Waals surface area contributed by atoms with Crippen molar-refractivity contribution < 1.29 is 38.2 Å². The Morgan fingerprint density at radius 3 is 2.23 bits per heavy atom. The molecule has 0 aromatic rings. The molecule has 13 nitrogen and oxygen atoms in total. The van der Waals surface area contributed by atoms with Crippen LogP contribution in [0.5, 0.6) is 0 Å². The van der Waals surface area contributed by atoms with E-state index in [0.717, 1.165) is 12.8 Å². The minimum atomic E-state index is -1.04. The summed E-state index contributed by atoms with van der Waals surface area (Å²) in [6.07, 6.45) is 3.55. The number of carbonyl (C=O) groups excluding carboxylic acids is 6. The molecule has 2 aliphatic carbocycles. The standard InChI is InChI=1S/C34H55N5O8/c1-10-12-22(26(40)29(42)35-15-11-2)36-28(41)25-24-21(34(24,8)9)16-39(25)30(43)27(33(5,6)7)38-31(44)37-23(19(3)4)18-47-32(45)46-17-20-13-14-20/h11,19-25,27H,2,10,12-18H2,1,3-9H3,(H,35,42)(H,36,41)(H2,37,38,44)/t21-,22?,23+,24-,25-,27+/m0/s1. The average Bonchev–Trinajstić information content (AvgIpc) is 3.86. The molecule has 0 bridgehead atoms. The number of rotatable bonds is 16. The van der Waals surface area contributed by atoms with Crippen molar-refractivity contribution in [1.82, 2.24) is 26.2 Å². The van der Waals surface area contributed by atoms with Gasteiger partial charge in [-0.25, -0.2) is 9.59 Å². The molecule has 5 amide bonds. The fraction of sp³-hybridized carbons (Fsp3) is 0.765. The Bertz CT molecular complexity index is 1210. The molecule has 13 heteroatoms. The molecule has 47 heavy (non-hydrogen) atoms. The van der Waals surface area contributed by atoms with Gasteiger partial charge in [0.05, 0.1) is 18.7 Å². The lowest BCUT2D eigenvalue weighted by Crippen LogP contribution is -2.62. The van der Waals surface area contributed by atoms with Gasteiger partial charge in [-0.2, -0.15) is 0 Å². The number of likely N-dealkylation sites (tertiary alicyclic amines) is 1. The van der Waals surface area contributed by atoms with Crippen molar-refractivity contribution in [2.75, 3.05) is 26.3 Å². The van der Waals surface area contributed by atoms with Gasteiger partial charge in [0.15, 0.2) is 0 Å². The summed E-state index contributed by atoms with van der Waals surface area (Å²) in [6.45, 7) is 19.4. The van der Waals surface area contributed by atoms with E-state index in [2.05, 4.69) is 27.8 Å². The van der Waals surface area contributed by atoms with Crippen LogP contribution >= 0.6 is 0 Å². The Kier molecular flexibility index (Phi) is 12.5. The summed E-state index contributed by atoms with van der Waals surface area (Å²) in [5, 5.41) is 10.9. The molecule has 1 heterocycles. The number of ether oxygens (including phenoxy) is 2. The van der Waals surface area contributed by atoms with E-state index in [-0.39, 0.29) is 42.7 Å². The highest BCUT2D eigenvalue weighted by Gasteiger charge is 2.70. The minimum absolute atomic E-state index is 0.0648. The number of hydrogen-bond acceptors (Lipinski definition) is 8. The number of carbonyl (C=O) groups is 6. The number of piperidine rings is 1. The lowest BCUT2D eigenvalue weighted by Gasteiger charge is -2.38. The SMILES string of the molecule is C=CCNC(=O)C(=O)C(CCC)NC(=O)[C@@H]1[C@@H]2[C@H](CN1C(=O)[C@@H](NC(=O)N[C@H](COC(=O)OCC1CC1)C(C)C)C(C)(C)C)C2(C)C. The number of nitrogens with zero attached hydrogens (tertiary/aromatic N) is 1. The molecule has 0 radical (unpaired) electrons. The number of amides is 5. The van der Waals surface area contributed by atoms with E-state index in [1.165, 1.54) is 11.0 Å². The Morgan fingerprint density at radius 2 is 1.68 bits per heavy atom. The van der Waals surface area contributed by atoms with Gasteiger partial charge in [-0.3, -0.25) is 19.2 Å². The van der Waals surface area contributed by atoms with Gasteiger partial charge in [0.25, 0.3) is 5.91 Å². The number of ketones is 1. The second-order valence-electron chi connectivity index (χ2n) is 15.2. The highest BCUT2D eigenvalue weighted by molar-refractivity contribution is 6.38. The van der Waals surface area contributed by atoms with Crippen LogP contribution in [-0.2, 0) is 28.7 Å². The summed E-state index contributed by atoms with van der Waals surface area (Å²) < 4.78 is 10.4. The molecule has 3 aliphatic rings. The van der Waals surface area contributed by atoms with Crippen molar-refractivity contribution in [3.05, 3.63) is 12.7 Å². The van der Waals surface area contributed by atoms with Crippen molar-refractivity contribution >= 4 is 35.7 Å². The topological polar surface area (TPSA) is 172 Å². The zero-order valence-corrected chi connectivity index (χ0v) is 29.3. The monoisotopic (exact) mass is 661 g/mol. The van der Waals surface area contributed by atoms with Gasteiger partial charge in [-0.15, -0.1) is 6.58 Å². The molecule has 3 rings (SSSR count). The predicted octanol–water partition coefficient (Wildman–Crippen LogP) is 2.93. The average molecular weight is 662 g/mol. The van der Waals surface area contributed by atoms with Crippen molar-refractivity contribution in [1.29, 1.82) is 0 Å². The third-order valence-electron chi connectivity index (χ3n) is 9.63. The van der Waals surface area contributed by atoms with Crippen LogP contribution in [0, 0.1) is 34.5 Å². The number of urea groups is 1. The molecular formula is C34H55N5O8. The fourth-order valence-corrected chi connectivity index (χ4v) is 6.26. The van der Waals surface area contributed by atoms with Crippen LogP contribution in [-0.4, -0.2) is 91.1 Å². The summed E-state index contributed by atoms with van der Waals surface area (Å²) in [5.41, 5.74) is -0.936. The summed E-state index contributed by atoms with van der Waals surface area (Å²) in [5.74, 6) is -2.26. The molecule has 0 spiro atoms. The van der Waals surface area contributed by atoms with Gasteiger partial charge in [-0.1, -0.05) is 67.9 Å². The number of fused-ring (bicyclic) bond motifs is 1. The van der Waals surface area contributed by atoms with E-state index in [1.807, 2.05) is 55.4 Å². The number of nitrogens with one attached hydrogen (secondary N) is 4. The first kappa shape index (κ1) is 37.8. The van der Waals surface area contributed by atoms with Crippen molar-refractivity contribution in [2.24, 2.45) is 34.5 Å². The van der Waals surface area contributed by atoms with E-state index in [9.17, 15) is 28.8 Å². The van der Waals surface area contributed by atoms with Crippen LogP contribution in [0.4, 0.5) is 9.59 Å². The molecule has 1 unspecified atom stereocenters. The quantitative estimate of drug-likeness (QED) is 0.111. The fourth-order valence-electron chi connectivity index (χ4n) is 6.26. The summed E-state index contributed by atoms with van der Waals surface area (Å²) >= 11 is 0. The van der Waals surface area contributed by atoms with E-state index < -0.39 is 65.3 Å². The lowest BCUT2D eigenvalue weighted by atomic mass is 9.85. The highest BCUT2D eigenvalue weighted by Crippen LogP contribution is 2.65. The summed E-state index contributed by atoms with van der Waals surface area (Å²) in [4.78, 5) is 80.3. The first-order valence-corrected chi connectivity index (χ1v) is 16.8. The van der Waals surface area contributed by atoms with Crippen LogP contribution < -0.4 is 21.3 Å². The molecule has 4 N–H and O–H groups in total. The maximum atomic E-state index is 14.2. The highest BCUT2D eigenvalue weighted by atomic mass is 16.7. The number of Topliss-reactive ketones (excluding diaryl/α,β-unsaturated/α-hetero) is 1. The molecule has 0 aromatic heterocycles. The number of hydrogen-bond donors (Lipinski definition) is 4. The largest absolute Gasteiger partial charge is 0.508 e. The van der Waals surface area contributed by atoms with Crippen molar-refractivity contribution in [3.8, 4) is 0 Å². The van der Waals surface area contributed by atoms with Crippen molar-refractivity contribution in [2.45, 2.75) is 105 Å². The molecule has 264 valence electrons. The smallest absolute Gasteiger partial charge is 0.434 e. The zero-order chi connectivity index (χ0) is 35.3. The van der Waals surface area contributed by atoms with Gasteiger partial charge >= 0.3 is 12.2 Å². The minimum Gasteiger partial charge on any atom is -0.434 e. The first-order valence-electron chi connectivity index (χ1n) is 16.8. The Balaban J connectivity index is 1.72. The predicted molar refractivity (Wildman–Crippen MR) is 175 cm³/mol. The Hall–Kier alpha value is -3.64. The van der Waals surface area contributed by atoms with Gasteiger partial charge in [-0.05, 0) is 53.8 Å². The normalized spacial score (nSPS) is 23.0.